The zero-order chi connectivity index (χ0) is 28.1. The molecule has 11 nitrogen and oxygen atoms in total. The summed E-state index contributed by atoms with van der Waals surface area (Å²) in [5.74, 6) is 4.99. The molecule has 1 aliphatic rings. The predicted molar refractivity (Wildman–Crippen MR) is 137 cm³/mol. The van der Waals surface area contributed by atoms with Gasteiger partial charge in [0.2, 0.25) is 0 Å². The number of hydrogen-bond acceptors (Lipinski definition) is 8. The summed E-state index contributed by atoms with van der Waals surface area (Å²) in [5, 5.41) is 29.0. The molecule has 3 aromatic heterocycles. The van der Waals surface area contributed by atoms with Gasteiger partial charge in [0.25, 0.3) is 5.91 Å². The van der Waals surface area contributed by atoms with Crippen LogP contribution in [0.2, 0.25) is 0 Å². The van der Waals surface area contributed by atoms with E-state index in [0.717, 1.165) is 0 Å². The van der Waals surface area contributed by atoms with Crippen molar-refractivity contribution in [2.24, 2.45) is 5.73 Å². The zero-order valence-corrected chi connectivity index (χ0v) is 21.8. The molecular formula is C27H27FN6O5. The standard InChI is InChI=1S/C27H27FN6O5/c1-15-9-21(32-39-15)27(4,37)6-5-16-10-18-20(11-19(16)28)38-8-7-34-23(22(24(29)35)31-25(18)34)17-12-30-33(13-17)14-26(2,3)36/h9-13,36-37H,7-8,14H2,1-4H3,(H2,29,35)/t27-/m1/s1. The van der Waals surface area contributed by atoms with Gasteiger partial charge in [-0.2, -0.15) is 5.10 Å². The van der Waals surface area contributed by atoms with Crippen molar-refractivity contribution >= 4 is 5.91 Å². The summed E-state index contributed by atoms with van der Waals surface area (Å²) < 4.78 is 29.2. The van der Waals surface area contributed by atoms with Crippen LogP contribution in [0.5, 0.6) is 5.75 Å². The van der Waals surface area contributed by atoms with E-state index in [-0.39, 0.29) is 35.9 Å². The number of amides is 1. The Morgan fingerprint density at radius 1 is 1.26 bits per heavy atom. The van der Waals surface area contributed by atoms with E-state index in [2.05, 4.69) is 27.1 Å². The number of halogens is 1. The molecule has 0 radical (unpaired) electrons. The minimum absolute atomic E-state index is 0.0157. The van der Waals surface area contributed by atoms with Crippen LogP contribution in [0, 0.1) is 24.6 Å². The third kappa shape index (κ3) is 5.14. The number of carbonyl (C=O) groups excluding carboxylic acids is 1. The molecule has 0 aliphatic carbocycles. The lowest BCUT2D eigenvalue weighted by Gasteiger charge is -2.16. The lowest BCUT2D eigenvalue weighted by Crippen LogP contribution is -2.26. The van der Waals surface area contributed by atoms with E-state index in [0.29, 0.717) is 35.0 Å². The van der Waals surface area contributed by atoms with Gasteiger partial charge in [-0.25, -0.2) is 9.37 Å². The van der Waals surface area contributed by atoms with E-state index in [9.17, 15) is 15.0 Å². The first-order chi connectivity index (χ1) is 18.3. The molecule has 4 N–H and O–H groups in total. The van der Waals surface area contributed by atoms with E-state index in [1.807, 2.05) is 0 Å². The zero-order valence-electron chi connectivity index (χ0n) is 21.8. The molecule has 0 fully saturated rings. The molecule has 202 valence electrons. The monoisotopic (exact) mass is 534 g/mol. The Morgan fingerprint density at radius 2 is 2.03 bits per heavy atom. The maximum absolute atomic E-state index is 15.1. The number of nitrogens with zero attached hydrogens (tertiary/aromatic N) is 5. The number of fused-ring (bicyclic) bond motifs is 3. The van der Waals surface area contributed by atoms with Crippen molar-refractivity contribution in [1.29, 1.82) is 0 Å². The molecule has 39 heavy (non-hydrogen) atoms. The number of rotatable bonds is 5. The largest absolute Gasteiger partial charge is 0.491 e. The summed E-state index contributed by atoms with van der Waals surface area (Å²) in [7, 11) is 0. The lowest BCUT2D eigenvalue weighted by atomic mass is 10.0. The minimum atomic E-state index is -1.69. The van der Waals surface area contributed by atoms with Crippen molar-refractivity contribution in [3.8, 4) is 40.2 Å². The molecule has 0 saturated carbocycles. The van der Waals surface area contributed by atoms with Gasteiger partial charge in [0.15, 0.2) is 11.3 Å². The average molecular weight is 535 g/mol. The Labute approximate surface area is 223 Å². The molecule has 5 rings (SSSR count). The van der Waals surface area contributed by atoms with Crippen LogP contribution < -0.4 is 10.5 Å². The van der Waals surface area contributed by atoms with Gasteiger partial charge in [-0.1, -0.05) is 17.0 Å². The molecule has 1 amide bonds. The summed E-state index contributed by atoms with van der Waals surface area (Å²) >= 11 is 0. The highest BCUT2D eigenvalue weighted by Crippen LogP contribution is 2.38. The van der Waals surface area contributed by atoms with Gasteiger partial charge in [-0.15, -0.1) is 0 Å². The molecule has 0 unspecified atom stereocenters. The molecule has 1 aromatic carbocycles. The molecule has 0 bridgehead atoms. The smallest absolute Gasteiger partial charge is 0.269 e. The van der Waals surface area contributed by atoms with E-state index < -0.39 is 22.9 Å². The molecule has 1 atom stereocenters. The maximum atomic E-state index is 15.1. The highest BCUT2D eigenvalue weighted by molar-refractivity contribution is 5.98. The van der Waals surface area contributed by atoms with Crippen LogP contribution in [0.3, 0.4) is 0 Å². The number of ether oxygens (including phenoxy) is 1. The number of carbonyl (C=O) groups is 1. The minimum Gasteiger partial charge on any atom is -0.491 e. The van der Waals surface area contributed by atoms with E-state index >= 15 is 4.39 Å². The number of primary amides is 1. The highest BCUT2D eigenvalue weighted by atomic mass is 19.1. The molecule has 12 heteroatoms. The van der Waals surface area contributed by atoms with Crippen molar-refractivity contribution in [1.82, 2.24) is 24.5 Å². The Balaban J connectivity index is 1.61. The highest BCUT2D eigenvalue weighted by Gasteiger charge is 2.29. The number of nitrogens with two attached hydrogens (primary N) is 1. The lowest BCUT2D eigenvalue weighted by molar-refractivity contribution is 0.0577. The van der Waals surface area contributed by atoms with Crippen LogP contribution in [-0.4, -0.2) is 52.8 Å². The summed E-state index contributed by atoms with van der Waals surface area (Å²) in [4.78, 5) is 17.0. The van der Waals surface area contributed by atoms with Crippen LogP contribution in [0.15, 0.2) is 35.1 Å². The van der Waals surface area contributed by atoms with Gasteiger partial charge in [0, 0.05) is 23.9 Å². The first-order valence-corrected chi connectivity index (χ1v) is 12.1. The van der Waals surface area contributed by atoms with Crippen molar-refractivity contribution in [2.75, 3.05) is 6.61 Å². The summed E-state index contributed by atoms with van der Waals surface area (Å²) in [6.45, 7) is 7.12. The molecule has 0 saturated heterocycles. The van der Waals surface area contributed by atoms with Crippen molar-refractivity contribution in [2.45, 2.75) is 52.0 Å². The molecular weight excluding hydrogens is 507 g/mol. The number of imidazole rings is 1. The maximum Gasteiger partial charge on any atom is 0.269 e. The SMILES string of the molecule is Cc1cc([C@](C)(O)C#Cc2cc3c(cc2F)OCCn2c-3nc(C(N)=O)c2-c2cnn(CC(C)(C)O)c2)no1. The quantitative estimate of drug-likeness (QED) is 0.330. The Bertz CT molecular complexity index is 1650. The number of aliphatic hydroxyl groups is 2. The number of aromatic nitrogens is 5. The Hall–Kier alpha value is -4.47. The Kier molecular flexibility index (Phi) is 6.28. The van der Waals surface area contributed by atoms with E-state index in [1.54, 1.807) is 48.5 Å². The van der Waals surface area contributed by atoms with E-state index in [1.165, 1.54) is 19.1 Å². The van der Waals surface area contributed by atoms with Crippen LogP contribution >= 0.6 is 0 Å². The third-order valence-electron chi connectivity index (χ3n) is 6.11. The van der Waals surface area contributed by atoms with E-state index in [4.69, 9.17) is 15.0 Å². The van der Waals surface area contributed by atoms with Gasteiger partial charge in [-0.05, 0) is 33.8 Å². The fraction of sp³-hybridized carbons (Fsp3) is 0.333. The number of hydrogen-bond donors (Lipinski definition) is 3. The van der Waals surface area contributed by atoms with Gasteiger partial charge in [0.1, 0.15) is 35.5 Å². The topological polar surface area (TPSA) is 154 Å². The second-order valence-electron chi connectivity index (χ2n) is 10.2. The molecule has 4 aromatic rings. The van der Waals surface area contributed by atoms with Gasteiger partial charge in [-0.3, -0.25) is 9.48 Å². The Morgan fingerprint density at radius 3 is 2.69 bits per heavy atom. The molecule has 0 spiro atoms. The summed E-state index contributed by atoms with van der Waals surface area (Å²) in [5.41, 5.74) is 4.59. The van der Waals surface area contributed by atoms with Crippen molar-refractivity contribution < 1.29 is 28.7 Å². The van der Waals surface area contributed by atoms with Crippen LogP contribution in [0.4, 0.5) is 4.39 Å². The first-order valence-electron chi connectivity index (χ1n) is 12.1. The fourth-order valence-electron chi connectivity index (χ4n) is 4.35. The molecule has 4 heterocycles. The van der Waals surface area contributed by atoms with Crippen LogP contribution in [-0.2, 0) is 18.7 Å². The van der Waals surface area contributed by atoms with Crippen molar-refractivity contribution in [3.63, 3.8) is 0 Å². The van der Waals surface area contributed by atoms with Gasteiger partial charge < -0.3 is 29.8 Å². The van der Waals surface area contributed by atoms with Crippen molar-refractivity contribution in [3.05, 3.63) is 59.1 Å². The second-order valence-corrected chi connectivity index (χ2v) is 10.2. The molecule has 1 aliphatic heterocycles. The second kappa shape index (κ2) is 9.37. The van der Waals surface area contributed by atoms with Gasteiger partial charge >= 0.3 is 0 Å². The average Bonchev–Trinajstić information content (AvgIpc) is 3.54. The van der Waals surface area contributed by atoms with Gasteiger partial charge in [0.05, 0.1) is 41.7 Å². The number of benzene rings is 1. The third-order valence-corrected chi connectivity index (χ3v) is 6.11. The fourth-order valence-corrected chi connectivity index (χ4v) is 4.35. The van der Waals surface area contributed by atoms with Crippen LogP contribution in [0.1, 0.15) is 48.3 Å². The summed E-state index contributed by atoms with van der Waals surface area (Å²) in [6.07, 6.45) is 3.25. The van der Waals surface area contributed by atoms with Crippen LogP contribution in [0.25, 0.3) is 22.6 Å². The number of aryl methyl sites for hydroxylation is 1. The predicted octanol–water partition coefficient (Wildman–Crippen LogP) is 2.37. The normalized spacial score (nSPS) is 14.3. The summed E-state index contributed by atoms with van der Waals surface area (Å²) in [6, 6.07) is 4.20. The first kappa shape index (κ1) is 26.1.